The van der Waals surface area contributed by atoms with E-state index < -0.39 is 4.92 Å². The first-order valence-electron chi connectivity index (χ1n) is 7.18. The van der Waals surface area contributed by atoms with Crippen molar-refractivity contribution in [2.24, 2.45) is 0 Å². The summed E-state index contributed by atoms with van der Waals surface area (Å²) in [5, 5.41) is 10.6. The van der Waals surface area contributed by atoms with Crippen LogP contribution < -0.4 is 4.90 Å². The van der Waals surface area contributed by atoms with E-state index in [4.69, 9.17) is 0 Å². The Balaban J connectivity index is 2.08. The van der Waals surface area contributed by atoms with Crippen molar-refractivity contribution in [1.82, 2.24) is 4.98 Å². The van der Waals surface area contributed by atoms with Gasteiger partial charge in [0.1, 0.15) is 12.0 Å². The zero-order valence-electron chi connectivity index (χ0n) is 13.4. The monoisotopic (exact) mass is 299 g/mol. The quantitative estimate of drug-likeness (QED) is 0.634. The van der Waals surface area contributed by atoms with Crippen LogP contribution in [-0.4, -0.2) is 17.0 Å². The Morgan fingerprint density at radius 2 is 1.77 bits per heavy atom. The van der Waals surface area contributed by atoms with Gasteiger partial charge in [0, 0.05) is 19.7 Å². The molecule has 0 N–H and O–H groups in total. The number of pyridine rings is 1. The minimum atomic E-state index is -0.442. The molecule has 0 aliphatic carbocycles. The first kappa shape index (κ1) is 15.9. The zero-order chi connectivity index (χ0) is 16.3. The van der Waals surface area contributed by atoms with Gasteiger partial charge in [-0.1, -0.05) is 45.0 Å². The van der Waals surface area contributed by atoms with E-state index in [2.05, 4.69) is 50.0 Å². The highest BCUT2D eigenvalue weighted by Gasteiger charge is 2.13. The van der Waals surface area contributed by atoms with Gasteiger partial charge in [0.05, 0.1) is 4.92 Å². The first-order chi connectivity index (χ1) is 10.3. The summed E-state index contributed by atoms with van der Waals surface area (Å²) in [4.78, 5) is 16.3. The van der Waals surface area contributed by atoms with Crippen molar-refractivity contribution in [3.05, 3.63) is 63.8 Å². The topological polar surface area (TPSA) is 59.3 Å². The molecule has 0 atom stereocenters. The van der Waals surface area contributed by atoms with Crippen molar-refractivity contribution in [2.45, 2.75) is 32.7 Å². The van der Waals surface area contributed by atoms with Crippen LogP contribution in [0.15, 0.2) is 42.6 Å². The molecule has 5 heteroatoms. The Hall–Kier alpha value is -2.43. The zero-order valence-corrected chi connectivity index (χ0v) is 13.4. The molecule has 1 aromatic heterocycles. The fourth-order valence-corrected chi connectivity index (χ4v) is 2.18. The minimum Gasteiger partial charge on any atom is -0.355 e. The lowest BCUT2D eigenvalue weighted by Crippen LogP contribution is -2.18. The molecule has 0 saturated heterocycles. The molecule has 2 rings (SSSR count). The lowest BCUT2D eigenvalue weighted by atomic mass is 9.87. The van der Waals surface area contributed by atoms with Crippen molar-refractivity contribution in [3.8, 4) is 0 Å². The standard InChI is InChI=1S/C17H21N3O2/c1-17(2,3)14-7-5-13(6-8-14)12-19(4)16-10-9-15(11-18-16)20(21)22/h5-11H,12H2,1-4H3. The number of benzene rings is 1. The van der Waals surface area contributed by atoms with Crippen molar-refractivity contribution in [3.63, 3.8) is 0 Å². The van der Waals surface area contributed by atoms with Crippen LogP contribution in [0.5, 0.6) is 0 Å². The molecule has 0 aliphatic rings. The maximum absolute atomic E-state index is 10.6. The molecule has 0 bridgehead atoms. The van der Waals surface area contributed by atoms with Crippen LogP contribution in [0, 0.1) is 10.1 Å². The number of anilines is 1. The molecular formula is C17H21N3O2. The van der Waals surface area contributed by atoms with E-state index in [0.717, 1.165) is 0 Å². The summed E-state index contributed by atoms with van der Waals surface area (Å²) in [5.74, 6) is 0.713. The summed E-state index contributed by atoms with van der Waals surface area (Å²) >= 11 is 0. The van der Waals surface area contributed by atoms with Crippen LogP contribution in [0.25, 0.3) is 0 Å². The van der Waals surface area contributed by atoms with E-state index in [9.17, 15) is 10.1 Å². The number of hydrogen-bond acceptors (Lipinski definition) is 4. The Morgan fingerprint density at radius 3 is 2.23 bits per heavy atom. The van der Waals surface area contributed by atoms with E-state index in [-0.39, 0.29) is 11.1 Å². The Labute approximate surface area is 130 Å². The molecule has 0 saturated carbocycles. The van der Waals surface area contributed by atoms with E-state index in [1.165, 1.54) is 23.4 Å². The average molecular weight is 299 g/mol. The average Bonchev–Trinajstić information content (AvgIpc) is 2.47. The summed E-state index contributed by atoms with van der Waals surface area (Å²) in [6, 6.07) is 11.7. The predicted molar refractivity (Wildman–Crippen MR) is 88.1 cm³/mol. The molecule has 0 amide bonds. The van der Waals surface area contributed by atoms with Crippen LogP contribution >= 0.6 is 0 Å². The second-order valence-corrected chi connectivity index (χ2v) is 6.43. The van der Waals surface area contributed by atoms with Gasteiger partial charge in [-0.15, -0.1) is 0 Å². The molecular weight excluding hydrogens is 278 g/mol. The summed E-state index contributed by atoms with van der Waals surface area (Å²) in [6.45, 7) is 7.27. The second kappa shape index (κ2) is 6.13. The van der Waals surface area contributed by atoms with Crippen LogP contribution in [0.1, 0.15) is 31.9 Å². The molecule has 22 heavy (non-hydrogen) atoms. The first-order valence-corrected chi connectivity index (χ1v) is 7.18. The van der Waals surface area contributed by atoms with Gasteiger partial charge >= 0.3 is 0 Å². The number of nitrogens with zero attached hydrogens (tertiary/aromatic N) is 3. The highest BCUT2D eigenvalue weighted by molar-refractivity contribution is 5.43. The number of nitro groups is 1. The molecule has 2 aromatic rings. The van der Waals surface area contributed by atoms with Gasteiger partial charge in [-0.25, -0.2) is 4.98 Å². The van der Waals surface area contributed by atoms with Crippen LogP contribution in [0.2, 0.25) is 0 Å². The molecule has 116 valence electrons. The Bertz CT molecular complexity index is 643. The number of rotatable bonds is 4. The van der Waals surface area contributed by atoms with E-state index >= 15 is 0 Å². The second-order valence-electron chi connectivity index (χ2n) is 6.43. The van der Waals surface area contributed by atoms with E-state index in [1.54, 1.807) is 6.07 Å². The van der Waals surface area contributed by atoms with E-state index in [0.29, 0.717) is 12.4 Å². The van der Waals surface area contributed by atoms with Crippen LogP contribution in [0.3, 0.4) is 0 Å². The van der Waals surface area contributed by atoms with Crippen molar-refractivity contribution in [2.75, 3.05) is 11.9 Å². The normalized spacial score (nSPS) is 11.3. The molecule has 0 unspecified atom stereocenters. The van der Waals surface area contributed by atoms with E-state index in [1.807, 2.05) is 11.9 Å². The van der Waals surface area contributed by atoms with Gasteiger partial charge in [-0.05, 0) is 22.6 Å². The predicted octanol–water partition coefficient (Wildman–Crippen LogP) is 3.92. The fourth-order valence-electron chi connectivity index (χ4n) is 2.18. The molecule has 0 aliphatic heterocycles. The molecule has 0 radical (unpaired) electrons. The fraction of sp³-hybridized carbons (Fsp3) is 0.353. The van der Waals surface area contributed by atoms with Gasteiger partial charge in [0.2, 0.25) is 0 Å². The maximum atomic E-state index is 10.6. The van der Waals surface area contributed by atoms with Crippen molar-refractivity contribution in [1.29, 1.82) is 0 Å². The molecule has 0 spiro atoms. The van der Waals surface area contributed by atoms with Crippen molar-refractivity contribution < 1.29 is 4.92 Å². The third-order valence-electron chi connectivity index (χ3n) is 3.57. The Kier molecular flexibility index (Phi) is 4.45. The smallest absolute Gasteiger partial charge is 0.287 e. The third kappa shape index (κ3) is 3.81. The lowest BCUT2D eigenvalue weighted by Gasteiger charge is -2.21. The van der Waals surface area contributed by atoms with Gasteiger partial charge in [-0.2, -0.15) is 0 Å². The highest BCUT2D eigenvalue weighted by Crippen LogP contribution is 2.23. The van der Waals surface area contributed by atoms with Gasteiger partial charge < -0.3 is 4.90 Å². The Morgan fingerprint density at radius 1 is 1.14 bits per heavy atom. The highest BCUT2D eigenvalue weighted by atomic mass is 16.6. The van der Waals surface area contributed by atoms with Gasteiger partial charge in [0.15, 0.2) is 0 Å². The number of aromatic nitrogens is 1. The van der Waals surface area contributed by atoms with Gasteiger partial charge in [-0.3, -0.25) is 10.1 Å². The SMILES string of the molecule is CN(Cc1ccc(C(C)(C)C)cc1)c1ccc([N+](=O)[O-])cn1. The molecule has 0 fully saturated rings. The number of hydrogen-bond donors (Lipinski definition) is 0. The van der Waals surface area contributed by atoms with Gasteiger partial charge in [0.25, 0.3) is 5.69 Å². The largest absolute Gasteiger partial charge is 0.355 e. The lowest BCUT2D eigenvalue weighted by molar-refractivity contribution is -0.385. The van der Waals surface area contributed by atoms with Crippen LogP contribution in [0.4, 0.5) is 11.5 Å². The third-order valence-corrected chi connectivity index (χ3v) is 3.57. The molecule has 1 aromatic carbocycles. The molecule has 1 heterocycles. The van der Waals surface area contributed by atoms with Crippen molar-refractivity contribution >= 4 is 11.5 Å². The molecule has 5 nitrogen and oxygen atoms in total. The summed E-state index contributed by atoms with van der Waals surface area (Å²) < 4.78 is 0. The van der Waals surface area contributed by atoms with Crippen LogP contribution in [-0.2, 0) is 12.0 Å². The maximum Gasteiger partial charge on any atom is 0.287 e. The summed E-state index contributed by atoms with van der Waals surface area (Å²) in [6.07, 6.45) is 1.29. The minimum absolute atomic E-state index is 0.00619. The summed E-state index contributed by atoms with van der Waals surface area (Å²) in [5.41, 5.74) is 2.62. The summed E-state index contributed by atoms with van der Waals surface area (Å²) in [7, 11) is 1.92.